The van der Waals surface area contributed by atoms with Crippen LogP contribution in [0.5, 0.6) is 0 Å². The lowest BCUT2D eigenvalue weighted by Gasteiger charge is -2.02. The minimum atomic E-state index is 0.722. The fourth-order valence-corrected chi connectivity index (χ4v) is 2.38. The Balaban J connectivity index is 2.54. The molecule has 0 amide bonds. The van der Waals surface area contributed by atoms with Gasteiger partial charge < -0.3 is 0 Å². The van der Waals surface area contributed by atoms with E-state index >= 15 is 0 Å². The first kappa shape index (κ1) is 10.8. The molecular formula is C11H8Br2N2. The predicted molar refractivity (Wildman–Crippen MR) is 67.6 cm³/mol. The van der Waals surface area contributed by atoms with Crippen molar-refractivity contribution in [3.8, 4) is 11.4 Å². The second-order valence-corrected chi connectivity index (χ2v) is 4.83. The first-order valence-electron chi connectivity index (χ1n) is 4.42. The molecule has 2 nitrogen and oxygen atoms in total. The second kappa shape index (κ2) is 4.41. The van der Waals surface area contributed by atoms with Gasteiger partial charge in [-0.2, -0.15) is 0 Å². The van der Waals surface area contributed by atoms with Crippen LogP contribution in [0.2, 0.25) is 0 Å². The van der Waals surface area contributed by atoms with E-state index < -0.39 is 0 Å². The number of benzene rings is 1. The Bertz CT molecular complexity index is 477. The van der Waals surface area contributed by atoms with Crippen LogP contribution in [-0.4, -0.2) is 9.97 Å². The smallest absolute Gasteiger partial charge is 0.161 e. The Kier molecular flexibility index (Phi) is 3.17. The molecule has 0 saturated heterocycles. The number of hydrogen-bond acceptors (Lipinski definition) is 2. The Morgan fingerprint density at radius 1 is 1.00 bits per heavy atom. The third kappa shape index (κ3) is 2.63. The van der Waals surface area contributed by atoms with Gasteiger partial charge in [-0.3, -0.25) is 0 Å². The number of aryl methyl sites for hydroxylation is 1. The van der Waals surface area contributed by atoms with Gasteiger partial charge in [0.2, 0.25) is 0 Å². The standard InChI is InChI=1S/C11H8Br2N2/c1-7-3-2-4-8(5-7)11-14-9(12)6-10(13)15-11/h2-6H,1H3. The van der Waals surface area contributed by atoms with E-state index in [1.807, 2.05) is 18.2 Å². The number of aromatic nitrogens is 2. The zero-order valence-electron chi connectivity index (χ0n) is 8.04. The van der Waals surface area contributed by atoms with Crippen LogP contribution in [0.3, 0.4) is 0 Å². The second-order valence-electron chi connectivity index (χ2n) is 3.21. The van der Waals surface area contributed by atoms with Crippen molar-refractivity contribution in [2.24, 2.45) is 0 Å². The fourth-order valence-electron chi connectivity index (χ4n) is 1.30. The number of hydrogen-bond donors (Lipinski definition) is 0. The predicted octanol–water partition coefficient (Wildman–Crippen LogP) is 3.98. The molecule has 15 heavy (non-hydrogen) atoms. The van der Waals surface area contributed by atoms with Crippen LogP contribution in [-0.2, 0) is 0 Å². The molecule has 4 heteroatoms. The molecule has 0 unspecified atom stereocenters. The fraction of sp³-hybridized carbons (Fsp3) is 0.0909. The minimum absolute atomic E-state index is 0.722. The molecule has 0 aliphatic carbocycles. The molecule has 2 aromatic rings. The van der Waals surface area contributed by atoms with Crippen LogP contribution in [0.25, 0.3) is 11.4 Å². The van der Waals surface area contributed by atoms with E-state index in [9.17, 15) is 0 Å². The maximum atomic E-state index is 4.32. The van der Waals surface area contributed by atoms with Gasteiger partial charge in [0.15, 0.2) is 5.82 Å². The van der Waals surface area contributed by atoms with Gasteiger partial charge in [0.1, 0.15) is 9.21 Å². The average molecular weight is 328 g/mol. The molecule has 0 spiro atoms. The molecule has 1 aromatic carbocycles. The van der Waals surface area contributed by atoms with Crippen LogP contribution in [0, 0.1) is 6.92 Å². The molecule has 0 N–H and O–H groups in total. The van der Waals surface area contributed by atoms with Crippen molar-refractivity contribution in [2.75, 3.05) is 0 Å². The van der Waals surface area contributed by atoms with Crippen LogP contribution >= 0.6 is 31.9 Å². The Labute approximate surface area is 105 Å². The van der Waals surface area contributed by atoms with E-state index in [-0.39, 0.29) is 0 Å². The molecule has 0 aliphatic heterocycles. The lowest BCUT2D eigenvalue weighted by Crippen LogP contribution is -1.90. The van der Waals surface area contributed by atoms with Crippen molar-refractivity contribution in [1.82, 2.24) is 9.97 Å². The van der Waals surface area contributed by atoms with Crippen molar-refractivity contribution in [1.29, 1.82) is 0 Å². The van der Waals surface area contributed by atoms with Crippen molar-refractivity contribution in [3.05, 3.63) is 45.1 Å². The van der Waals surface area contributed by atoms with Crippen LogP contribution in [0.4, 0.5) is 0 Å². The third-order valence-electron chi connectivity index (χ3n) is 1.94. The summed E-state index contributed by atoms with van der Waals surface area (Å²) in [5.74, 6) is 0.722. The quantitative estimate of drug-likeness (QED) is 0.740. The molecule has 0 aliphatic rings. The van der Waals surface area contributed by atoms with E-state index in [0.717, 1.165) is 20.6 Å². The Hall–Kier alpha value is -0.740. The highest BCUT2D eigenvalue weighted by molar-refractivity contribution is 9.11. The van der Waals surface area contributed by atoms with Gasteiger partial charge in [-0.05, 0) is 44.8 Å². The number of rotatable bonds is 1. The van der Waals surface area contributed by atoms with Gasteiger partial charge in [-0.1, -0.05) is 23.8 Å². The molecule has 76 valence electrons. The Morgan fingerprint density at radius 3 is 2.27 bits per heavy atom. The Morgan fingerprint density at radius 2 is 1.67 bits per heavy atom. The first-order chi connectivity index (χ1) is 7.15. The van der Waals surface area contributed by atoms with Gasteiger partial charge in [0.25, 0.3) is 0 Å². The molecule has 0 radical (unpaired) electrons. The van der Waals surface area contributed by atoms with Gasteiger partial charge in [-0.15, -0.1) is 0 Å². The molecule has 0 saturated carbocycles. The molecule has 0 atom stereocenters. The third-order valence-corrected chi connectivity index (χ3v) is 2.75. The summed E-state index contributed by atoms with van der Waals surface area (Å²) in [4.78, 5) is 8.64. The molecule has 1 aromatic heterocycles. The summed E-state index contributed by atoms with van der Waals surface area (Å²) < 4.78 is 1.56. The van der Waals surface area contributed by atoms with E-state index in [4.69, 9.17) is 0 Å². The molecule has 1 heterocycles. The lowest BCUT2D eigenvalue weighted by atomic mass is 10.1. The van der Waals surface area contributed by atoms with E-state index in [0.29, 0.717) is 0 Å². The minimum Gasteiger partial charge on any atom is -0.221 e. The van der Waals surface area contributed by atoms with Crippen LogP contribution in [0.15, 0.2) is 39.5 Å². The molecule has 2 rings (SSSR count). The van der Waals surface area contributed by atoms with Crippen LogP contribution in [0.1, 0.15) is 5.56 Å². The topological polar surface area (TPSA) is 25.8 Å². The summed E-state index contributed by atoms with van der Waals surface area (Å²) in [7, 11) is 0. The summed E-state index contributed by atoms with van der Waals surface area (Å²) in [5.41, 5.74) is 2.23. The largest absolute Gasteiger partial charge is 0.221 e. The molecular weight excluding hydrogens is 320 g/mol. The van der Waals surface area contributed by atoms with Crippen molar-refractivity contribution in [3.63, 3.8) is 0 Å². The highest BCUT2D eigenvalue weighted by atomic mass is 79.9. The average Bonchev–Trinajstić information content (AvgIpc) is 2.16. The zero-order chi connectivity index (χ0) is 10.8. The summed E-state index contributed by atoms with van der Waals surface area (Å²) >= 11 is 6.70. The highest BCUT2D eigenvalue weighted by Crippen LogP contribution is 2.21. The van der Waals surface area contributed by atoms with Crippen LogP contribution < -0.4 is 0 Å². The van der Waals surface area contributed by atoms with Gasteiger partial charge in [0.05, 0.1) is 0 Å². The number of halogens is 2. The van der Waals surface area contributed by atoms with E-state index in [1.165, 1.54) is 5.56 Å². The summed E-state index contributed by atoms with van der Waals surface area (Å²) in [6.07, 6.45) is 0. The summed E-state index contributed by atoms with van der Waals surface area (Å²) in [6, 6.07) is 9.94. The van der Waals surface area contributed by atoms with E-state index in [2.05, 4.69) is 60.9 Å². The summed E-state index contributed by atoms with van der Waals surface area (Å²) in [6.45, 7) is 2.05. The van der Waals surface area contributed by atoms with Crippen molar-refractivity contribution < 1.29 is 0 Å². The lowest BCUT2D eigenvalue weighted by molar-refractivity contribution is 1.12. The molecule has 0 bridgehead atoms. The van der Waals surface area contributed by atoms with Crippen molar-refractivity contribution in [2.45, 2.75) is 6.92 Å². The van der Waals surface area contributed by atoms with Gasteiger partial charge in [0, 0.05) is 11.6 Å². The molecule has 0 fully saturated rings. The van der Waals surface area contributed by atoms with E-state index in [1.54, 1.807) is 0 Å². The SMILES string of the molecule is Cc1cccc(-c2nc(Br)cc(Br)n2)c1. The maximum Gasteiger partial charge on any atom is 0.161 e. The first-order valence-corrected chi connectivity index (χ1v) is 6.01. The summed E-state index contributed by atoms with van der Waals surface area (Å²) in [5, 5.41) is 0. The van der Waals surface area contributed by atoms with Gasteiger partial charge >= 0.3 is 0 Å². The monoisotopic (exact) mass is 326 g/mol. The zero-order valence-corrected chi connectivity index (χ0v) is 11.2. The maximum absolute atomic E-state index is 4.32. The van der Waals surface area contributed by atoms with Crippen molar-refractivity contribution >= 4 is 31.9 Å². The number of nitrogens with zero attached hydrogens (tertiary/aromatic N) is 2. The highest BCUT2D eigenvalue weighted by Gasteiger charge is 2.03. The van der Waals surface area contributed by atoms with Gasteiger partial charge in [-0.25, -0.2) is 9.97 Å². The normalized spacial score (nSPS) is 10.3.